The van der Waals surface area contributed by atoms with Gasteiger partial charge in [-0.2, -0.15) is 0 Å². The molecule has 0 aromatic rings. The second-order valence-corrected chi connectivity index (χ2v) is 2.32. The molecule has 4 nitrogen and oxygen atoms in total. The maximum atomic E-state index is 11.0. The topological polar surface area (TPSA) is 38.8 Å². The van der Waals surface area contributed by atoms with E-state index in [1.165, 1.54) is 4.90 Å². The zero-order valence-corrected chi connectivity index (χ0v) is 8.00. The molecule has 0 saturated heterocycles. The Morgan fingerprint density at radius 1 is 1.33 bits per heavy atom. The molecule has 0 aliphatic carbocycles. The first-order valence-corrected chi connectivity index (χ1v) is 4.18. The summed E-state index contributed by atoms with van der Waals surface area (Å²) in [6.07, 6.45) is -0.294. The molecule has 0 aromatic carbocycles. The highest BCUT2D eigenvalue weighted by Crippen LogP contribution is 1.89. The van der Waals surface area contributed by atoms with Gasteiger partial charge in [-0.05, 0) is 13.8 Å². The van der Waals surface area contributed by atoms with E-state index in [-0.39, 0.29) is 6.09 Å². The van der Waals surface area contributed by atoms with Crippen LogP contribution in [0.5, 0.6) is 0 Å². The zero-order valence-electron chi connectivity index (χ0n) is 8.00. The number of hydrogen-bond acceptors (Lipinski definition) is 3. The van der Waals surface area contributed by atoms with Crippen LogP contribution in [0.2, 0.25) is 0 Å². The van der Waals surface area contributed by atoms with Gasteiger partial charge in [-0.15, -0.1) is 0 Å². The Morgan fingerprint density at radius 3 is 2.50 bits per heavy atom. The van der Waals surface area contributed by atoms with E-state index < -0.39 is 0 Å². The van der Waals surface area contributed by atoms with Gasteiger partial charge in [-0.1, -0.05) is 0 Å². The summed E-state index contributed by atoms with van der Waals surface area (Å²) in [5.41, 5.74) is 0. The maximum Gasteiger partial charge on any atom is 0.409 e. The zero-order chi connectivity index (χ0) is 9.40. The van der Waals surface area contributed by atoms with Gasteiger partial charge in [0, 0.05) is 20.2 Å². The highest BCUT2D eigenvalue weighted by atomic mass is 16.6. The molecule has 0 unspecified atom stereocenters. The maximum absolute atomic E-state index is 11.0. The molecule has 0 bridgehead atoms. The second-order valence-electron chi connectivity index (χ2n) is 2.32. The average molecular weight is 175 g/mol. The van der Waals surface area contributed by atoms with Crippen molar-refractivity contribution in [2.45, 2.75) is 13.8 Å². The van der Waals surface area contributed by atoms with Crippen LogP contribution in [0.25, 0.3) is 0 Å². The van der Waals surface area contributed by atoms with E-state index in [9.17, 15) is 4.79 Å². The van der Waals surface area contributed by atoms with Crippen molar-refractivity contribution >= 4 is 6.09 Å². The molecule has 72 valence electrons. The van der Waals surface area contributed by atoms with Crippen molar-refractivity contribution in [2.75, 3.05) is 33.4 Å². The minimum absolute atomic E-state index is 0.294. The van der Waals surface area contributed by atoms with Crippen molar-refractivity contribution in [3.8, 4) is 0 Å². The monoisotopic (exact) mass is 175 g/mol. The fourth-order valence-electron chi connectivity index (χ4n) is 0.671. The minimum Gasteiger partial charge on any atom is -0.450 e. The van der Waals surface area contributed by atoms with Gasteiger partial charge in [0.15, 0.2) is 0 Å². The van der Waals surface area contributed by atoms with Gasteiger partial charge in [0.2, 0.25) is 0 Å². The number of carbonyl (C=O) groups excluding carboxylic acids is 1. The van der Waals surface area contributed by atoms with E-state index in [1.807, 2.05) is 6.92 Å². The fourth-order valence-corrected chi connectivity index (χ4v) is 0.671. The second kappa shape index (κ2) is 6.91. The molecule has 0 fully saturated rings. The Bertz CT molecular complexity index is 127. The molecule has 4 heteroatoms. The van der Waals surface area contributed by atoms with Gasteiger partial charge in [0.1, 0.15) is 0 Å². The lowest BCUT2D eigenvalue weighted by molar-refractivity contribution is 0.0905. The van der Waals surface area contributed by atoms with Crippen LogP contribution in [0.3, 0.4) is 0 Å². The number of nitrogens with zero attached hydrogens (tertiary/aromatic N) is 1. The summed E-state index contributed by atoms with van der Waals surface area (Å²) in [7, 11) is 1.69. The van der Waals surface area contributed by atoms with E-state index in [4.69, 9.17) is 9.47 Å². The van der Waals surface area contributed by atoms with Crippen LogP contribution in [0.15, 0.2) is 0 Å². The average Bonchev–Trinajstić information content (AvgIpc) is 2.05. The predicted molar refractivity (Wildman–Crippen MR) is 46.1 cm³/mol. The van der Waals surface area contributed by atoms with Crippen LogP contribution >= 0.6 is 0 Å². The van der Waals surface area contributed by atoms with Gasteiger partial charge >= 0.3 is 6.09 Å². The summed E-state index contributed by atoms with van der Waals surface area (Å²) >= 11 is 0. The normalized spacial score (nSPS) is 9.58. The van der Waals surface area contributed by atoms with E-state index >= 15 is 0 Å². The van der Waals surface area contributed by atoms with E-state index in [0.29, 0.717) is 26.4 Å². The lowest BCUT2D eigenvalue weighted by Crippen LogP contribution is -2.30. The van der Waals surface area contributed by atoms with Crippen LogP contribution < -0.4 is 0 Å². The predicted octanol–water partition coefficient (Wildman–Crippen LogP) is 1.11. The molecular formula is C8H17NO3. The van der Waals surface area contributed by atoms with Crippen molar-refractivity contribution < 1.29 is 14.3 Å². The van der Waals surface area contributed by atoms with Gasteiger partial charge in [-0.25, -0.2) is 4.79 Å². The SMILES string of the molecule is CCOCCN(C)C(=O)OCC. The number of carbonyl (C=O) groups is 1. The summed E-state index contributed by atoms with van der Waals surface area (Å²) in [6.45, 7) is 5.94. The molecule has 0 heterocycles. The molecule has 0 radical (unpaired) electrons. The van der Waals surface area contributed by atoms with E-state index in [1.54, 1.807) is 14.0 Å². The summed E-state index contributed by atoms with van der Waals surface area (Å²) in [4.78, 5) is 12.5. The van der Waals surface area contributed by atoms with Gasteiger partial charge in [0.05, 0.1) is 13.2 Å². The van der Waals surface area contributed by atoms with Gasteiger partial charge < -0.3 is 14.4 Å². The standard InChI is InChI=1S/C8H17NO3/c1-4-11-7-6-9(3)8(10)12-5-2/h4-7H2,1-3H3. The molecule has 0 aromatic heterocycles. The number of ether oxygens (including phenoxy) is 2. The first kappa shape index (κ1) is 11.2. The van der Waals surface area contributed by atoms with Crippen molar-refractivity contribution in [3.63, 3.8) is 0 Å². The molecule has 0 N–H and O–H groups in total. The van der Waals surface area contributed by atoms with Crippen LogP contribution in [0.4, 0.5) is 4.79 Å². The molecule has 0 aliphatic rings. The Balaban J connectivity index is 3.42. The van der Waals surface area contributed by atoms with Gasteiger partial charge in [-0.3, -0.25) is 0 Å². The van der Waals surface area contributed by atoms with Crippen LogP contribution in [-0.4, -0.2) is 44.4 Å². The minimum atomic E-state index is -0.294. The highest BCUT2D eigenvalue weighted by molar-refractivity contribution is 5.67. The lowest BCUT2D eigenvalue weighted by Gasteiger charge is -2.15. The quantitative estimate of drug-likeness (QED) is 0.587. The first-order valence-electron chi connectivity index (χ1n) is 4.18. The summed E-state index contributed by atoms with van der Waals surface area (Å²) in [5, 5.41) is 0. The largest absolute Gasteiger partial charge is 0.450 e. The Hall–Kier alpha value is -0.770. The Labute approximate surface area is 73.4 Å². The Kier molecular flexibility index (Phi) is 6.47. The molecule has 0 rings (SSSR count). The third-order valence-corrected chi connectivity index (χ3v) is 1.35. The third-order valence-electron chi connectivity index (χ3n) is 1.35. The molecule has 12 heavy (non-hydrogen) atoms. The first-order chi connectivity index (χ1) is 5.72. The lowest BCUT2D eigenvalue weighted by atomic mass is 10.6. The van der Waals surface area contributed by atoms with Crippen molar-refractivity contribution in [1.29, 1.82) is 0 Å². The van der Waals surface area contributed by atoms with Crippen molar-refractivity contribution in [3.05, 3.63) is 0 Å². The number of hydrogen-bond donors (Lipinski definition) is 0. The summed E-state index contributed by atoms with van der Waals surface area (Å²) in [5.74, 6) is 0. The number of amides is 1. The highest BCUT2D eigenvalue weighted by Gasteiger charge is 2.07. The molecule has 1 amide bonds. The van der Waals surface area contributed by atoms with E-state index in [0.717, 1.165) is 0 Å². The van der Waals surface area contributed by atoms with Crippen molar-refractivity contribution in [2.24, 2.45) is 0 Å². The number of rotatable bonds is 5. The molecule has 0 saturated carbocycles. The smallest absolute Gasteiger partial charge is 0.409 e. The third kappa shape index (κ3) is 4.96. The Morgan fingerprint density at radius 2 is 2.00 bits per heavy atom. The molecule has 0 aliphatic heterocycles. The summed E-state index contributed by atoms with van der Waals surface area (Å²) in [6, 6.07) is 0. The van der Waals surface area contributed by atoms with Crippen LogP contribution in [-0.2, 0) is 9.47 Å². The molecular weight excluding hydrogens is 158 g/mol. The molecule has 0 spiro atoms. The van der Waals surface area contributed by atoms with Crippen LogP contribution in [0.1, 0.15) is 13.8 Å². The fraction of sp³-hybridized carbons (Fsp3) is 0.875. The van der Waals surface area contributed by atoms with Crippen LogP contribution in [0, 0.1) is 0 Å². The van der Waals surface area contributed by atoms with E-state index in [2.05, 4.69) is 0 Å². The summed E-state index contributed by atoms with van der Waals surface area (Å²) < 4.78 is 9.85. The van der Waals surface area contributed by atoms with Gasteiger partial charge in [0.25, 0.3) is 0 Å². The van der Waals surface area contributed by atoms with Crippen molar-refractivity contribution in [1.82, 2.24) is 4.90 Å². The molecule has 0 atom stereocenters. The number of likely N-dealkylation sites (N-methyl/N-ethyl adjacent to an activating group) is 1.